The lowest BCUT2D eigenvalue weighted by molar-refractivity contribution is -0.192. The van der Waals surface area contributed by atoms with E-state index in [4.69, 9.17) is 19.6 Å². The molecule has 1 amide bonds. The van der Waals surface area contributed by atoms with Gasteiger partial charge < -0.3 is 25.4 Å². The summed E-state index contributed by atoms with van der Waals surface area (Å²) in [5.74, 6) is -4.17. The fourth-order valence-corrected chi connectivity index (χ4v) is 5.67. The molecule has 0 radical (unpaired) electrons. The maximum atomic E-state index is 15.1. The van der Waals surface area contributed by atoms with Crippen LogP contribution in [0.5, 0.6) is 0 Å². The van der Waals surface area contributed by atoms with E-state index in [2.05, 4.69) is 34.4 Å². The van der Waals surface area contributed by atoms with Crippen molar-refractivity contribution in [2.24, 2.45) is 5.92 Å². The number of nitrogens with zero attached hydrogens (tertiary/aromatic N) is 4. The fraction of sp³-hybridized carbons (Fsp3) is 0.417. The quantitative estimate of drug-likeness (QED) is 0.119. The summed E-state index contributed by atoms with van der Waals surface area (Å²) in [6, 6.07) is 11.6. The van der Waals surface area contributed by atoms with Crippen LogP contribution in [0.25, 0.3) is 28.0 Å². The van der Waals surface area contributed by atoms with E-state index in [1.807, 2.05) is 13.0 Å². The smallest absolute Gasteiger partial charge is 0.475 e. The Kier molecular flexibility index (Phi) is 13.8. The third-order valence-corrected chi connectivity index (χ3v) is 8.63. The highest BCUT2D eigenvalue weighted by Gasteiger charge is 2.38. The summed E-state index contributed by atoms with van der Waals surface area (Å²) in [5.41, 5.74) is 1.27. The van der Waals surface area contributed by atoms with E-state index in [0.29, 0.717) is 54.4 Å². The van der Waals surface area contributed by atoms with Gasteiger partial charge in [-0.15, -0.1) is 0 Å². The Balaban J connectivity index is 0.000000785. The Morgan fingerprint density at radius 3 is 2.29 bits per heavy atom. The number of rotatable bonds is 12. The van der Waals surface area contributed by atoms with Crippen LogP contribution in [0.4, 0.5) is 27.9 Å². The maximum absolute atomic E-state index is 15.1. The number of aliphatic carboxylic acids is 1. The number of aromatic nitrogens is 3. The molecule has 2 aromatic carbocycles. The van der Waals surface area contributed by atoms with Gasteiger partial charge in [-0.25, -0.2) is 18.6 Å². The number of para-hydroxylation sites is 1. The first-order valence-corrected chi connectivity index (χ1v) is 16.9. The molecule has 11 nitrogen and oxygen atoms in total. The molecule has 52 heavy (non-hydrogen) atoms. The molecule has 1 aliphatic rings. The third kappa shape index (κ3) is 10.1. The number of carboxylic acids is 1. The molecule has 0 saturated carbocycles. The summed E-state index contributed by atoms with van der Waals surface area (Å²) in [4.78, 5) is 47.1. The van der Waals surface area contributed by atoms with Gasteiger partial charge in [0.1, 0.15) is 17.3 Å². The highest BCUT2D eigenvalue weighted by molar-refractivity contribution is 5.98. The van der Waals surface area contributed by atoms with Crippen LogP contribution in [0.3, 0.4) is 0 Å². The van der Waals surface area contributed by atoms with Crippen molar-refractivity contribution in [2.45, 2.75) is 46.2 Å². The monoisotopic (exact) mass is 732 g/mol. The lowest BCUT2D eigenvalue weighted by Gasteiger charge is -2.22. The van der Waals surface area contributed by atoms with E-state index >= 15 is 8.78 Å². The number of nitrogens with one attached hydrogen (secondary N) is 2. The number of ether oxygens (including phenoxy) is 1. The van der Waals surface area contributed by atoms with Gasteiger partial charge in [-0.3, -0.25) is 14.2 Å². The fourth-order valence-electron chi connectivity index (χ4n) is 5.67. The summed E-state index contributed by atoms with van der Waals surface area (Å²) >= 11 is 0. The molecule has 0 bridgehead atoms. The molecule has 16 heteroatoms. The largest absolute Gasteiger partial charge is 0.490 e. The highest BCUT2D eigenvalue weighted by Crippen LogP contribution is 2.32. The molecular weight excluding hydrogens is 691 g/mol. The number of anilines is 1. The first-order valence-electron chi connectivity index (χ1n) is 16.9. The lowest BCUT2D eigenvalue weighted by atomic mass is 9.98. The Bertz CT molecular complexity index is 1910. The Hall–Kier alpha value is -4.96. The van der Waals surface area contributed by atoms with E-state index in [1.165, 1.54) is 12.1 Å². The van der Waals surface area contributed by atoms with Crippen LogP contribution < -0.4 is 16.2 Å². The van der Waals surface area contributed by atoms with Gasteiger partial charge >= 0.3 is 12.1 Å². The van der Waals surface area contributed by atoms with E-state index in [1.54, 1.807) is 18.2 Å². The topological polar surface area (TPSA) is 139 Å². The summed E-state index contributed by atoms with van der Waals surface area (Å²) in [6.45, 7) is 11.4. The van der Waals surface area contributed by atoms with Crippen molar-refractivity contribution in [1.29, 1.82) is 0 Å². The van der Waals surface area contributed by atoms with Crippen LogP contribution in [0.15, 0.2) is 53.3 Å². The number of carboxylic acid groups (broad SMARTS) is 1. The van der Waals surface area contributed by atoms with E-state index < -0.39 is 35.0 Å². The van der Waals surface area contributed by atoms with Crippen LogP contribution >= 0.6 is 0 Å². The first-order chi connectivity index (χ1) is 24.7. The van der Waals surface area contributed by atoms with Gasteiger partial charge in [0.2, 0.25) is 5.95 Å². The molecule has 1 fully saturated rings. The summed E-state index contributed by atoms with van der Waals surface area (Å²) < 4.78 is 68.2. The average Bonchev–Trinajstić information content (AvgIpc) is 3.11. The van der Waals surface area contributed by atoms with Crippen molar-refractivity contribution >= 4 is 28.9 Å². The first kappa shape index (κ1) is 39.8. The molecule has 5 rings (SSSR count). The molecule has 1 saturated heterocycles. The minimum absolute atomic E-state index is 0.0523. The molecule has 4 aromatic rings. The zero-order valence-corrected chi connectivity index (χ0v) is 29.0. The van der Waals surface area contributed by atoms with Crippen LogP contribution in [0.1, 0.15) is 49.0 Å². The summed E-state index contributed by atoms with van der Waals surface area (Å²) in [6.07, 6.45) is -2.47. The Morgan fingerprint density at radius 2 is 1.67 bits per heavy atom. The number of fused-ring (bicyclic) bond motifs is 1. The minimum Gasteiger partial charge on any atom is -0.475 e. The van der Waals surface area contributed by atoms with Crippen molar-refractivity contribution in [3.05, 3.63) is 81.6 Å². The number of carbonyl (C=O) groups excluding carboxylic acids is 1. The SMILES string of the molecule is CCN(CC)CCCNc1nc(-c2cc(C(=O)NCC3CCOCC3)ccc2C)c2ccc(=O)n(-c3c(F)cccc3F)c2n1.O=C(O)C(F)(F)F. The van der Waals surface area contributed by atoms with Crippen molar-refractivity contribution < 1.29 is 41.4 Å². The number of hydrogen-bond donors (Lipinski definition) is 3. The Morgan fingerprint density at radius 1 is 1.02 bits per heavy atom. The molecular formula is C36H41F5N6O5. The molecule has 3 N–H and O–H groups in total. The number of carbonyl (C=O) groups is 2. The molecule has 0 spiro atoms. The average molecular weight is 733 g/mol. The van der Waals surface area contributed by atoms with Crippen molar-refractivity contribution in [2.75, 3.05) is 51.3 Å². The molecule has 0 atom stereocenters. The number of aryl methyl sites for hydroxylation is 1. The standard InChI is InChI=1S/C34H40F2N6O3.C2HF3O2/c1-4-41(5-2)17-7-16-37-34-39-30(25-12-13-29(43)42(32(25)40-34)31-27(35)8-6-9-28(31)36)26-20-24(11-10-22(26)3)33(44)38-21-23-14-18-45-19-15-23;3-2(4,5)1(6)7/h6,8-13,20,23H,4-5,7,14-19,21H2,1-3H3,(H,38,44)(H,37,39,40);(H,6,7). The van der Waals surface area contributed by atoms with E-state index in [9.17, 15) is 22.8 Å². The van der Waals surface area contributed by atoms with E-state index in [-0.39, 0.29) is 17.5 Å². The number of benzene rings is 2. The van der Waals surface area contributed by atoms with Gasteiger partial charge in [0.25, 0.3) is 11.5 Å². The number of pyridine rings is 1. The van der Waals surface area contributed by atoms with Crippen molar-refractivity contribution in [3.8, 4) is 16.9 Å². The number of hydrogen-bond acceptors (Lipinski definition) is 8. The van der Waals surface area contributed by atoms with Crippen LogP contribution in [-0.4, -0.2) is 88.5 Å². The lowest BCUT2D eigenvalue weighted by Crippen LogP contribution is -2.32. The number of alkyl halides is 3. The zero-order chi connectivity index (χ0) is 38.0. The van der Waals surface area contributed by atoms with Gasteiger partial charge in [0.15, 0.2) is 5.65 Å². The van der Waals surface area contributed by atoms with Gasteiger partial charge in [-0.1, -0.05) is 26.0 Å². The van der Waals surface area contributed by atoms with Gasteiger partial charge in [0.05, 0.1) is 5.69 Å². The third-order valence-electron chi connectivity index (χ3n) is 8.63. The van der Waals surface area contributed by atoms with Gasteiger partial charge in [0, 0.05) is 48.9 Å². The van der Waals surface area contributed by atoms with Crippen molar-refractivity contribution in [1.82, 2.24) is 24.8 Å². The van der Waals surface area contributed by atoms with Crippen LogP contribution in [-0.2, 0) is 9.53 Å². The predicted molar refractivity (Wildman–Crippen MR) is 186 cm³/mol. The second kappa shape index (κ2) is 18.0. The van der Waals surface area contributed by atoms with Gasteiger partial charge in [-0.2, -0.15) is 18.2 Å². The minimum atomic E-state index is -5.08. The molecule has 2 aromatic heterocycles. The molecule has 0 aliphatic carbocycles. The summed E-state index contributed by atoms with van der Waals surface area (Å²) in [7, 11) is 0. The molecule has 280 valence electrons. The molecule has 3 heterocycles. The molecule has 1 aliphatic heterocycles. The van der Waals surface area contributed by atoms with Crippen LogP contribution in [0, 0.1) is 24.5 Å². The zero-order valence-electron chi connectivity index (χ0n) is 29.0. The highest BCUT2D eigenvalue weighted by atomic mass is 19.4. The second-order valence-electron chi connectivity index (χ2n) is 12.1. The molecule has 0 unspecified atom stereocenters. The maximum Gasteiger partial charge on any atom is 0.490 e. The predicted octanol–water partition coefficient (Wildman–Crippen LogP) is 5.97. The number of amides is 1. The Labute approximate surface area is 296 Å². The second-order valence-corrected chi connectivity index (χ2v) is 12.1. The van der Waals surface area contributed by atoms with Crippen molar-refractivity contribution in [3.63, 3.8) is 0 Å². The van der Waals surface area contributed by atoms with E-state index in [0.717, 1.165) is 61.2 Å². The van der Waals surface area contributed by atoms with Gasteiger partial charge in [-0.05, 0) is 87.6 Å². The van der Waals surface area contributed by atoms with Crippen LogP contribution in [0.2, 0.25) is 0 Å². The summed E-state index contributed by atoms with van der Waals surface area (Å²) in [5, 5.41) is 13.8. The number of halogens is 5. The normalized spacial score (nSPS) is 13.5.